The zero-order chi connectivity index (χ0) is 22.5. The lowest BCUT2D eigenvalue weighted by atomic mass is 9.83. The molecular formula is C24H23ClN2O4S. The third-order valence-electron chi connectivity index (χ3n) is 5.66. The smallest absolute Gasteiger partial charge is 0.449 e. The predicted molar refractivity (Wildman–Crippen MR) is 125 cm³/mol. The van der Waals surface area contributed by atoms with Gasteiger partial charge in [-0.3, -0.25) is 9.69 Å². The summed E-state index contributed by atoms with van der Waals surface area (Å²) in [6, 6.07) is 16.0. The van der Waals surface area contributed by atoms with E-state index in [1.54, 1.807) is 34.5 Å². The van der Waals surface area contributed by atoms with Crippen LogP contribution in [0.15, 0.2) is 60.0 Å². The fourth-order valence-electron chi connectivity index (χ4n) is 4.24. The Balaban J connectivity index is 1.81. The first-order valence-electron chi connectivity index (χ1n) is 10.5. The Kier molecular flexibility index (Phi) is 7.07. The van der Waals surface area contributed by atoms with Crippen LogP contribution in [-0.2, 0) is 0 Å². The molecule has 3 aromatic rings. The largest absolute Gasteiger partial charge is 0.512 e. The molecule has 1 aromatic heterocycles. The molecule has 32 heavy (non-hydrogen) atoms. The summed E-state index contributed by atoms with van der Waals surface area (Å²) < 4.78 is 4.77. The molecule has 0 spiro atoms. The van der Waals surface area contributed by atoms with Crippen LogP contribution in [0, 0.1) is 5.92 Å². The summed E-state index contributed by atoms with van der Waals surface area (Å²) in [4.78, 5) is 31.1. The Hall–Kier alpha value is -2.90. The zero-order valence-corrected chi connectivity index (χ0v) is 18.9. The van der Waals surface area contributed by atoms with Crippen LogP contribution in [0.2, 0.25) is 5.02 Å². The van der Waals surface area contributed by atoms with Gasteiger partial charge in [0.05, 0.1) is 11.4 Å². The van der Waals surface area contributed by atoms with Crippen molar-refractivity contribution in [2.75, 3.05) is 4.90 Å². The van der Waals surface area contributed by atoms with E-state index in [1.165, 1.54) is 17.8 Å². The van der Waals surface area contributed by atoms with Gasteiger partial charge in [0, 0.05) is 16.3 Å². The maximum Gasteiger partial charge on any atom is 0.512 e. The van der Waals surface area contributed by atoms with Gasteiger partial charge in [-0.15, -0.1) is 11.3 Å². The number of hydrogen-bond donors (Lipinski definition) is 1. The zero-order valence-electron chi connectivity index (χ0n) is 17.3. The predicted octanol–water partition coefficient (Wildman–Crippen LogP) is 6.82. The first-order chi connectivity index (χ1) is 15.5. The number of hydrogen-bond acceptors (Lipinski definition) is 5. The highest BCUT2D eigenvalue weighted by atomic mass is 35.5. The van der Waals surface area contributed by atoms with E-state index < -0.39 is 6.16 Å². The fraction of sp³-hybridized carbons (Fsp3) is 0.292. The van der Waals surface area contributed by atoms with Crippen LogP contribution in [0.25, 0.3) is 0 Å². The van der Waals surface area contributed by atoms with Crippen molar-refractivity contribution >= 4 is 40.7 Å². The van der Waals surface area contributed by atoms with Crippen LogP contribution in [0.1, 0.15) is 53.5 Å². The molecule has 8 heteroatoms. The van der Waals surface area contributed by atoms with Crippen molar-refractivity contribution in [3.8, 4) is 5.88 Å². The molecule has 1 amide bonds. The Morgan fingerprint density at radius 2 is 1.75 bits per heavy atom. The molecule has 1 fully saturated rings. The van der Waals surface area contributed by atoms with Gasteiger partial charge >= 0.3 is 6.16 Å². The van der Waals surface area contributed by atoms with E-state index in [4.69, 9.17) is 21.4 Å². The van der Waals surface area contributed by atoms with E-state index in [0.29, 0.717) is 15.6 Å². The van der Waals surface area contributed by atoms with Crippen LogP contribution in [0.4, 0.5) is 10.5 Å². The lowest BCUT2D eigenvalue weighted by Crippen LogP contribution is -2.39. The van der Waals surface area contributed by atoms with E-state index in [1.807, 2.05) is 30.3 Å². The highest BCUT2D eigenvalue weighted by molar-refractivity contribution is 7.10. The first-order valence-corrected chi connectivity index (χ1v) is 11.8. The number of aromatic nitrogens is 1. The van der Waals surface area contributed by atoms with Crippen molar-refractivity contribution in [3.63, 3.8) is 0 Å². The highest BCUT2D eigenvalue weighted by Crippen LogP contribution is 2.43. The molecule has 0 aliphatic heterocycles. The van der Waals surface area contributed by atoms with Crippen molar-refractivity contribution in [1.82, 2.24) is 4.98 Å². The van der Waals surface area contributed by atoms with Crippen LogP contribution in [0.5, 0.6) is 5.88 Å². The Bertz CT molecular complexity index is 1070. The van der Waals surface area contributed by atoms with Crippen molar-refractivity contribution in [3.05, 3.63) is 75.6 Å². The molecule has 2 aromatic carbocycles. The second-order valence-corrected chi connectivity index (χ2v) is 9.08. The van der Waals surface area contributed by atoms with Gasteiger partial charge < -0.3 is 9.84 Å². The van der Waals surface area contributed by atoms with Gasteiger partial charge in [0.2, 0.25) is 5.88 Å². The summed E-state index contributed by atoms with van der Waals surface area (Å²) in [6.07, 6.45) is 3.85. The van der Waals surface area contributed by atoms with Gasteiger partial charge in [-0.05, 0) is 55.2 Å². The van der Waals surface area contributed by atoms with Gasteiger partial charge in [0.25, 0.3) is 5.91 Å². The summed E-state index contributed by atoms with van der Waals surface area (Å²) in [6.45, 7) is 0. The molecule has 1 atom stereocenters. The number of thiazole rings is 1. The summed E-state index contributed by atoms with van der Waals surface area (Å²) >= 11 is 7.44. The molecule has 0 radical (unpaired) electrons. The number of rotatable bonds is 6. The van der Waals surface area contributed by atoms with Gasteiger partial charge in [-0.2, -0.15) is 0 Å². The van der Waals surface area contributed by atoms with Gasteiger partial charge in [0.1, 0.15) is 5.01 Å². The number of ether oxygens (including phenoxy) is 1. The minimum atomic E-state index is -1.41. The van der Waals surface area contributed by atoms with E-state index in [0.717, 1.165) is 31.4 Å². The lowest BCUT2D eigenvalue weighted by Gasteiger charge is -2.38. The van der Waals surface area contributed by atoms with Crippen LogP contribution < -0.4 is 9.64 Å². The minimum Gasteiger partial charge on any atom is -0.449 e. The normalized spacial score (nSPS) is 15.2. The summed E-state index contributed by atoms with van der Waals surface area (Å²) in [5.74, 6) is 0.0804. The second-order valence-electron chi connectivity index (χ2n) is 7.75. The average Bonchev–Trinajstić information content (AvgIpc) is 3.26. The third kappa shape index (κ3) is 5.11. The number of carboxylic acid groups (broad SMARTS) is 1. The van der Waals surface area contributed by atoms with Gasteiger partial charge in [-0.25, -0.2) is 9.78 Å². The molecule has 1 N–H and O–H groups in total. The van der Waals surface area contributed by atoms with Crippen molar-refractivity contribution in [1.29, 1.82) is 0 Å². The number of nitrogens with zero attached hydrogens (tertiary/aromatic N) is 2. The molecule has 1 aliphatic carbocycles. The molecule has 1 saturated carbocycles. The van der Waals surface area contributed by atoms with E-state index >= 15 is 0 Å². The highest BCUT2D eigenvalue weighted by Gasteiger charge is 2.37. The fourth-order valence-corrected chi connectivity index (χ4v) is 5.27. The summed E-state index contributed by atoms with van der Waals surface area (Å²) in [5, 5.41) is 11.8. The molecule has 166 valence electrons. The topological polar surface area (TPSA) is 79.7 Å². The molecular weight excluding hydrogens is 448 g/mol. The maximum absolute atomic E-state index is 13.8. The van der Waals surface area contributed by atoms with Crippen molar-refractivity contribution in [2.45, 2.75) is 38.1 Å². The summed E-state index contributed by atoms with van der Waals surface area (Å²) in [5.41, 5.74) is 1.29. The standard InChI is InChI=1S/C24H23ClN2O4S/c25-18-11-13-19(14-12-18)27(23(28)17-9-5-2-6-10-17)21(16-7-3-1-4-8-16)22-26-20(15-32-22)31-24(29)30/h2,5-6,9-16,21H,1,3-4,7-8H2,(H,29,30). The minimum absolute atomic E-state index is 0.0292. The Labute approximate surface area is 195 Å². The number of amides is 1. The molecule has 4 rings (SSSR count). The second kappa shape index (κ2) is 10.1. The SMILES string of the molecule is O=C(O)Oc1csc(C(C2CCCCC2)N(C(=O)c2ccccc2)c2ccc(Cl)cc2)n1. The van der Waals surface area contributed by atoms with Crippen LogP contribution >= 0.6 is 22.9 Å². The first kappa shape index (κ1) is 22.3. The third-order valence-corrected chi connectivity index (χ3v) is 6.81. The number of carbonyl (C=O) groups excluding carboxylic acids is 1. The van der Waals surface area contributed by atoms with E-state index in [-0.39, 0.29) is 23.7 Å². The number of anilines is 1. The molecule has 6 nitrogen and oxygen atoms in total. The maximum atomic E-state index is 13.8. The number of halogens is 1. The van der Waals surface area contributed by atoms with Crippen LogP contribution in [-0.4, -0.2) is 22.2 Å². The molecule has 1 aliphatic rings. The summed E-state index contributed by atoms with van der Waals surface area (Å²) in [7, 11) is 0. The quantitative estimate of drug-likeness (QED) is 0.400. The van der Waals surface area contributed by atoms with Gasteiger partial charge in [0.15, 0.2) is 0 Å². The Morgan fingerprint density at radius 1 is 1.06 bits per heavy atom. The number of benzene rings is 2. The lowest BCUT2D eigenvalue weighted by molar-refractivity contribution is 0.0960. The van der Waals surface area contributed by atoms with E-state index in [2.05, 4.69) is 4.98 Å². The average molecular weight is 471 g/mol. The Morgan fingerprint density at radius 3 is 2.41 bits per heavy atom. The molecule has 0 saturated heterocycles. The van der Waals surface area contributed by atoms with Crippen molar-refractivity contribution < 1.29 is 19.4 Å². The monoisotopic (exact) mass is 470 g/mol. The van der Waals surface area contributed by atoms with Gasteiger partial charge in [-0.1, -0.05) is 49.1 Å². The van der Waals surface area contributed by atoms with Crippen molar-refractivity contribution in [2.24, 2.45) is 5.92 Å². The van der Waals surface area contributed by atoms with Crippen LogP contribution in [0.3, 0.4) is 0 Å². The van der Waals surface area contributed by atoms with E-state index in [9.17, 15) is 9.59 Å². The molecule has 0 bridgehead atoms. The molecule has 1 heterocycles. The molecule has 1 unspecified atom stereocenters. The number of carbonyl (C=O) groups is 2.